The van der Waals surface area contributed by atoms with Gasteiger partial charge in [-0.2, -0.15) is 0 Å². The average Bonchev–Trinajstić information content (AvgIpc) is 2.69. The van der Waals surface area contributed by atoms with Crippen LogP contribution in [0.2, 0.25) is 0 Å². The topological polar surface area (TPSA) is 36.9 Å². The summed E-state index contributed by atoms with van der Waals surface area (Å²) in [6.07, 6.45) is 3.50. The van der Waals surface area contributed by atoms with Crippen LogP contribution in [0.15, 0.2) is 4.99 Å². The van der Waals surface area contributed by atoms with Crippen molar-refractivity contribution >= 4 is 5.96 Å². The van der Waals surface area contributed by atoms with Crippen molar-refractivity contribution in [2.75, 3.05) is 39.9 Å². The number of hydrogen-bond donors (Lipinski definition) is 1. The zero-order chi connectivity index (χ0) is 13.4. The van der Waals surface area contributed by atoms with Crippen LogP contribution in [0.3, 0.4) is 0 Å². The smallest absolute Gasteiger partial charge is 0.193 e. The summed E-state index contributed by atoms with van der Waals surface area (Å²) in [7, 11) is 1.87. The Labute approximate surface area is 112 Å². The lowest BCUT2D eigenvalue weighted by Crippen LogP contribution is -2.41. The van der Waals surface area contributed by atoms with E-state index < -0.39 is 0 Å². The maximum Gasteiger partial charge on any atom is 0.193 e. The van der Waals surface area contributed by atoms with Crippen LogP contribution in [-0.4, -0.2) is 50.8 Å². The predicted octanol–water partition coefficient (Wildman–Crippen LogP) is 2.11. The highest BCUT2D eigenvalue weighted by molar-refractivity contribution is 5.80. The van der Waals surface area contributed by atoms with E-state index in [4.69, 9.17) is 4.74 Å². The highest BCUT2D eigenvalue weighted by Crippen LogP contribution is 2.28. The summed E-state index contributed by atoms with van der Waals surface area (Å²) in [6, 6.07) is 0. The molecule has 0 amide bonds. The van der Waals surface area contributed by atoms with Gasteiger partial charge in [0, 0.05) is 39.9 Å². The van der Waals surface area contributed by atoms with Gasteiger partial charge in [-0.1, -0.05) is 13.8 Å². The first-order valence-electron chi connectivity index (χ1n) is 7.12. The third-order valence-corrected chi connectivity index (χ3v) is 3.39. The van der Waals surface area contributed by atoms with Crippen LogP contribution < -0.4 is 5.32 Å². The quantitative estimate of drug-likeness (QED) is 0.449. The molecular formula is C14H29N3O. The average molecular weight is 255 g/mol. The van der Waals surface area contributed by atoms with Gasteiger partial charge in [0.05, 0.1) is 0 Å². The molecule has 106 valence electrons. The van der Waals surface area contributed by atoms with Gasteiger partial charge in [0.25, 0.3) is 0 Å². The van der Waals surface area contributed by atoms with Crippen LogP contribution in [0, 0.1) is 5.41 Å². The molecule has 0 unspecified atom stereocenters. The number of guanidine groups is 1. The van der Waals surface area contributed by atoms with Crippen LogP contribution in [0.5, 0.6) is 0 Å². The Hall–Kier alpha value is -0.770. The Morgan fingerprint density at radius 3 is 2.72 bits per heavy atom. The Balaban J connectivity index is 2.19. The van der Waals surface area contributed by atoms with Crippen molar-refractivity contribution in [1.82, 2.24) is 10.2 Å². The van der Waals surface area contributed by atoms with Gasteiger partial charge in [0.2, 0.25) is 0 Å². The maximum atomic E-state index is 5.33. The van der Waals surface area contributed by atoms with E-state index in [1.54, 1.807) is 0 Å². The maximum absolute atomic E-state index is 5.33. The fourth-order valence-electron chi connectivity index (χ4n) is 2.30. The molecule has 0 aromatic heterocycles. The molecule has 4 heteroatoms. The summed E-state index contributed by atoms with van der Waals surface area (Å²) in [6.45, 7) is 11.6. The molecular weight excluding hydrogens is 226 g/mol. The zero-order valence-electron chi connectivity index (χ0n) is 12.5. The molecule has 1 fully saturated rings. The van der Waals surface area contributed by atoms with E-state index in [0.717, 1.165) is 51.6 Å². The fourth-order valence-corrected chi connectivity index (χ4v) is 2.30. The summed E-state index contributed by atoms with van der Waals surface area (Å²) in [5.41, 5.74) is 0.423. The van der Waals surface area contributed by atoms with E-state index in [1.807, 2.05) is 14.0 Å². The molecule has 4 nitrogen and oxygen atoms in total. The van der Waals surface area contributed by atoms with Crippen molar-refractivity contribution in [1.29, 1.82) is 0 Å². The van der Waals surface area contributed by atoms with E-state index in [-0.39, 0.29) is 0 Å². The van der Waals surface area contributed by atoms with Crippen LogP contribution in [0.4, 0.5) is 0 Å². The van der Waals surface area contributed by atoms with Gasteiger partial charge in [0.1, 0.15) is 0 Å². The molecule has 0 saturated carbocycles. The van der Waals surface area contributed by atoms with Crippen LogP contribution in [0.25, 0.3) is 0 Å². The molecule has 0 aliphatic carbocycles. The molecule has 0 bridgehead atoms. The third kappa shape index (κ3) is 5.25. The number of likely N-dealkylation sites (tertiary alicyclic amines) is 1. The Morgan fingerprint density at radius 1 is 1.39 bits per heavy atom. The van der Waals surface area contributed by atoms with Crippen LogP contribution >= 0.6 is 0 Å². The number of unbranched alkanes of at least 4 members (excludes halogenated alkanes) is 1. The fraction of sp³-hybridized carbons (Fsp3) is 0.929. The number of aliphatic imine (C=N–C) groups is 1. The van der Waals surface area contributed by atoms with E-state index in [2.05, 4.69) is 29.1 Å². The van der Waals surface area contributed by atoms with Gasteiger partial charge in [-0.25, -0.2) is 0 Å². The van der Waals surface area contributed by atoms with Crippen LogP contribution in [0.1, 0.15) is 40.0 Å². The molecule has 0 radical (unpaired) electrons. The van der Waals surface area contributed by atoms with E-state index in [9.17, 15) is 0 Å². The SMILES string of the molecule is CCOCCCCNC(=NC)N1CCC(C)(C)C1. The highest BCUT2D eigenvalue weighted by Gasteiger charge is 2.30. The van der Waals surface area contributed by atoms with Crippen molar-refractivity contribution in [3.05, 3.63) is 0 Å². The van der Waals surface area contributed by atoms with Crippen molar-refractivity contribution in [3.63, 3.8) is 0 Å². The summed E-state index contributed by atoms with van der Waals surface area (Å²) >= 11 is 0. The largest absolute Gasteiger partial charge is 0.382 e. The summed E-state index contributed by atoms with van der Waals surface area (Å²) in [5, 5.41) is 3.45. The van der Waals surface area contributed by atoms with Gasteiger partial charge in [-0.15, -0.1) is 0 Å². The van der Waals surface area contributed by atoms with Crippen molar-refractivity contribution in [2.45, 2.75) is 40.0 Å². The number of ether oxygens (including phenoxy) is 1. The van der Waals surface area contributed by atoms with Crippen LogP contribution in [-0.2, 0) is 4.74 Å². The summed E-state index contributed by atoms with van der Waals surface area (Å²) in [5.74, 6) is 1.05. The van der Waals surface area contributed by atoms with Crippen molar-refractivity contribution in [3.8, 4) is 0 Å². The second-order valence-electron chi connectivity index (χ2n) is 5.71. The van der Waals surface area contributed by atoms with E-state index in [1.165, 1.54) is 6.42 Å². The lowest BCUT2D eigenvalue weighted by Gasteiger charge is -2.23. The van der Waals surface area contributed by atoms with Crippen molar-refractivity contribution < 1.29 is 4.74 Å². The van der Waals surface area contributed by atoms with Gasteiger partial charge in [-0.05, 0) is 31.6 Å². The molecule has 1 aliphatic rings. The van der Waals surface area contributed by atoms with Gasteiger partial charge in [-0.3, -0.25) is 4.99 Å². The molecule has 0 aromatic carbocycles. The number of nitrogens with zero attached hydrogens (tertiary/aromatic N) is 2. The number of hydrogen-bond acceptors (Lipinski definition) is 2. The second-order valence-corrected chi connectivity index (χ2v) is 5.71. The lowest BCUT2D eigenvalue weighted by atomic mass is 9.93. The van der Waals surface area contributed by atoms with Crippen molar-refractivity contribution in [2.24, 2.45) is 10.4 Å². The minimum atomic E-state index is 0.423. The predicted molar refractivity (Wildman–Crippen MR) is 77.1 cm³/mol. The molecule has 1 aliphatic heterocycles. The highest BCUT2D eigenvalue weighted by atomic mass is 16.5. The van der Waals surface area contributed by atoms with E-state index in [0.29, 0.717) is 5.41 Å². The molecule has 0 aromatic rings. The summed E-state index contributed by atoms with van der Waals surface area (Å²) < 4.78 is 5.33. The third-order valence-electron chi connectivity index (χ3n) is 3.39. The monoisotopic (exact) mass is 255 g/mol. The van der Waals surface area contributed by atoms with E-state index >= 15 is 0 Å². The normalized spacial score (nSPS) is 19.3. The Morgan fingerprint density at radius 2 is 2.17 bits per heavy atom. The first-order valence-corrected chi connectivity index (χ1v) is 7.12. The number of nitrogens with one attached hydrogen (secondary N) is 1. The molecule has 1 rings (SSSR count). The Kier molecular flexibility index (Phi) is 6.47. The molecule has 1 N–H and O–H groups in total. The summed E-state index contributed by atoms with van der Waals surface area (Å²) in [4.78, 5) is 6.73. The minimum absolute atomic E-state index is 0.423. The minimum Gasteiger partial charge on any atom is -0.382 e. The van der Waals surface area contributed by atoms with Gasteiger partial charge in [0.15, 0.2) is 5.96 Å². The molecule has 0 atom stereocenters. The molecule has 1 saturated heterocycles. The zero-order valence-corrected chi connectivity index (χ0v) is 12.5. The first-order chi connectivity index (χ1) is 8.59. The Bertz CT molecular complexity index is 264. The number of rotatable bonds is 6. The molecule has 1 heterocycles. The van der Waals surface area contributed by atoms with Gasteiger partial charge < -0.3 is 15.0 Å². The first kappa shape index (κ1) is 15.3. The second kappa shape index (κ2) is 7.62. The molecule has 0 spiro atoms. The lowest BCUT2D eigenvalue weighted by molar-refractivity contribution is 0.143. The molecule has 18 heavy (non-hydrogen) atoms. The standard InChI is InChI=1S/C14H29N3O/c1-5-18-11-7-6-9-16-13(15-4)17-10-8-14(2,3)12-17/h5-12H2,1-4H3,(H,15,16). The van der Waals surface area contributed by atoms with Gasteiger partial charge >= 0.3 is 0 Å².